The molecule has 0 aliphatic carbocycles. The zero-order valence-electron chi connectivity index (χ0n) is 14.5. The maximum absolute atomic E-state index is 12.2. The van der Waals surface area contributed by atoms with Crippen molar-refractivity contribution in [2.24, 2.45) is 0 Å². The summed E-state index contributed by atoms with van der Waals surface area (Å²) in [5.74, 6) is -2.31. The second kappa shape index (κ2) is 7.32. The number of hydrogen-bond donors (Lipinski definition) is 0. The maximum Gasteiger partial charge on any atom is 0.308 e. The van der Waals surface area contributed by atoms with Crippen LogP contribution >= 0.6 is 0 Å². The van der Waals surface area contributed by atoms with Crippen LogP contribution in [0.15, 0.2) is 53.4 Å². The van der Waals surface area contributed by atoms with E-state index in [-0.39, 0.29) is 22.4 Å². The molecule has 8 heteroatoms. The van der Waals surface area contributed by atoms with Crippen LogP contribution in [0, 0.1) is 6.92 Å². The quantitative estimate of drug-likeness (QED) is 0.555. The van der Waals surface area contributed by atoms with Gasteiger partial charge in [-0.15, -0.1) is 0 Å². The number of fused-ring (bicyclic) bond motifs is 1. The fourth-order valence-electron chi connectivity index (χ4n) is 2.65. The van der Waals surface area contributed by atoms with Crippen molar-refractivity contribution in [2.45, 2.75) is 18.2 Å². The summed E-state index contributed by atoms with van der Waals surface area (Å²) in [4.78, 5) is 37.2. The van der Waals surface area contributed by atoms with E-state index in [4.69, 9.17) is 4.74 Å². The monoisotopic (exact) mass is 387 g/mol. The fourth-order valence-corrected chi connectivity index (χ4v) is 3.87. The van der Waals surface area contributed by atoms with Crippen molar-refractivity contribution >= 4 is 27.6 Å². The van der Waals surface area contributed by atoms with E-state index >= 15 is 0 Å². The molecular weight excluding hydrogens is 370 g/mol. The topological polar surface area (TPSA) is 97.8 Å². The Bertz CT molecular complexity index is 976. The smallest absolute Gasteiger partial charge is 0.308 e. The number of benzene rings is 2. The van der Waals surface area contributed by atoms with Crippen LogP contribution in [0.3, 0.4) is 0 Å². The number of ether oxygens (including phenoxy) is 1. The van der Waals surface area contributed by atoms with Gasteiger partial charge in [-0.25, -0.2) is 13.3 Å². The minimum absolute atomic E-state index is 0.126. The number of nitrogens with zero attached hydrogens (tertiary/aromatic N) is 1. The van der Waals surface area contributed by atoms with Crippen molar-refractivity contribution in [3.8, 4) is 0 Å². The Labute approximate surface area is 156 Å². The van der Waals surface area contributed by atoms with Gasteiger partial charge in [-0.2, -0.15) is 0 Å². The van der Waals surface area contributed by atoms with Gasteiger partial charge in [-0.3, -0.25) is 14.4 Å². The normalized spacial score (nSPS) is 13.6. The third-order valence-corrected chi connectivity index (χ3v) is 5.92. The lowest BCUT2D eigenvalue weighted by atomic mass is 10.1. The highest BCUT2D eigenvalue weighted by molar-refractivity contribution is 7.91. The molecule has 2 aromatic rings. The summed E-state index contributed by atoms with van der Waals surface area (Å²) < 4.78 is 29.4. The zero-order valence-corrected chi connectivity index (χ0v) is 15.4. The highest BCUT2D eigenvalue weighted by atomic mass is 32.2. The van der Waals surface area contributed by atoms with Crippen LogP contribution in [0.2, 0.25) is 0 Å². The Morgan fingerprint density at radius 1 is 0.963 bits per heavy atom. The third kappa shape index (κ3) is 3.90. The zero-order chi connectivity index (χ0) is 19.6. The second-order valence-electron chi connectivity index (χ2n) is 6.11. The molecule has 1 heterocycles. The lowest BCUT2D eigenvalue weighted by molar-refractivity contribution is -0.145. The van der Waals surface area contributed by atoms with Crippen molar-refractivity contribution in [1.29, 1.82) is 0 Å². The second-order valence-corrected chi connectivity index (χ2v) is 8.22. The van der Waals surface area contributed by atoms with Crippen LogP contribution < -0.4 is 0 Å². The summed E-state index contributed by atoms with van der Waals surface area (Å²) in [6.45, 7) is 1.29. The van der Waals surface area contributed by atoms with Crippen molar-refractivity contribution < 1.29 is 27.5 Å². The molecule has 2 aromatic carbocycles. The van der Waals surface area contributed by atoms with Gasteiger partial charge in [-0.05, 0) is 31.2 Å². The number of rotatable bonds is 6. The molecular formula is C19H17NO6S. The van der Waals surface area contributed by atoms with Crippen LogP contribution in [0.5, 0.6) is 0 Å². The van der Waals surface area contributed by atoms with Gasteiger partial charge in [0.05, 0.1) is 28.2 Å². The number of carbonyl (C=O) groups is 3. The highest BCUT2D eigenvalue weighted by Gasteiger charge is 2.35. The van der Waals surface area contributed by atoms with E-state index in [0.29, 0.717) is 0 Å². The first-order valence-electron chi connectivity index (χ1n) is 8.20. The fraction of sp³-hybridized carbons (Fsp3) is 0.211. The number of esters is 1. The standard InChI is InChI=1S/C19H17NO6S/c1-13-6-8-14(9-7-13)27(24,25)11-10-17(21)26-12-20-18(22)15-4-2-3-5-16(15)19(20)23/h2-9H,10-12H2,1H3. The van der Waals surface area contributed by atoms with Crippen molar-refractivity contribution in [2.75, 3.05) is 12.5 Å². The van der Waals surface area contributed by atoms with Crippen molar-refractivity contribution in [3.05, 3.63) is 65.2 Å². The molecule has 0 saturated heterocycles. The molecule has 2 amide bonds. The van der Waals surface area contributed by atoms with Crippen LogP contribution in [0.1, 0.15) is 32.7 Å². The lowest BCUT2D eigenvalue weighted by Crippen LogP contribution is -2.33. The molecule has 7 nitrogen and oxygen atoms in total. The average molecular weight is 387 g/mol. The van der Waals surface area contributed by atoms with Crippen LogP contribution in [-0.2, 0) is 19.4 Å². The molecule has 0 bridgehead atoms. The number of sulfone groups is 1. The minimum Gasteiger partial charge on any atom is -0.444 e. The van der Waals surface area contributed by atoms with Gasteiger partial charge in [0.1, 0.15) is 0 Å². The van der Waals surface area contributed by atoms with E-state index in [1.807, 2.05) is 6.92 Å². The van der Waals surface area contributed by atoms with E-state index < -0.39 is 40.1 Å². The van der Waals surface area contributed by atoms with Crippen LogP contribution in [0.4, 0.5) is 0 Å². The molecule has 0 fully saturated rings. The van der Waals surface area contributed by atoms with Crippen molar-refractivity contribution in [3.63, 3.8) is 0 Å². The predicted octanol–water partition coefficient (Wildman–Crippen LogP) is 1.96. The molecule has 140 valence electrons. The van der Waals surface area contributed by atoms with E-state index in [2.05, 4.69) is 0 Å². The number of hydrogen-bond acceptors (Lipinski definition) is 6. The summed E-state index contributed by atoms with van der Waals surface area (Å²) in [6, 6.07) is 12.6. The van der Waals surface area contributed by atoms with Gasteiger partial charge in [-0.1, -0.05) is 29.8 Å². The van der Waals surface area contributed by atoms with Gasteiger partial charge in [0.15, 0.2) is 16.6 Å². The molecule has 1 aliphatic rings. The largest absolute Gasteiger partial charge is 0.444 e. The first kappa shape index (κ1) is 18.8. The van der Waals surface area contributed by atoms with Crippen molar-refractivity contribution in [1.82, 2.24) is 4.90 Å². The van der Waals surface area contributed by atoms with E-state index in [1.165, 1.54) is 24.3 Å². The summed E-state index contributed by atoms with van der Waals surface area (Å²) >= 11 is 0. The van der Waals surface area contributed by atoms with Crippen LogP contribution in [0.25, 0.3) is 0 Å². The van der Waals surface area contributed by atoms with Gasteiger partial charge >= 0.3 is 5.97 Å². The summed E-state index contributed by atoms with van der Waals surface area (Å²) in [6.07, 6.45) is -0.376. The Morgan fingerprint density at radius 2 is 1.52 bits per heavy atom. The Morgan fingerprint density at radius 3 is 2.07 bits per heavy atom. The van der Waals surface area contributed by atoms with Gasteiger partial charge in [0, 0.05) is 0 Å². The minimum atomic E-state index is -3.62. The summed E-state index contributed by atoms with van der Waals surface area (Å²) in [5, 5.41) is 0. The molecule has 0 unspecified atom stereocenters. The SMILES string of the molecule is Cc1ccc(S(=O)(=O)CCC(=O)OCN2C(=O)c3ccccc3C2=O)cc1. The number of amides is 2. The molecule has 0 aromatic heterocycles. The summed E-state index contributed by atoms with van der Waals surface area (Å²) in [7, 11) is -3.62. The summed E-state index contributed by atoms with van der Waals surface area (Å²) in [5.41, 5.74) is 1.43. The molecule has 0 radical (unpaired) electrons. The van der Waals surface area contributed by atoms with Crippen LogP contribution in [-0.4, -0.2) is 43.6 Å². The average Bonchev–Trinajstić information content (AvgIpc) is 2.90. The first-order valence-corrected chi connectivity index (χ1v) is 9.85. The van der Waals surface area contributed by atoms with E-state index in [9.17, 15) is 22.8 Å². The number of imide groups is 1. The highest BCUT2D eigenvalue weighted by Crippen LogP contribution is 2.22. The first-order chi connectivity index (χ1) is 12.8. The Balaban J connectivity index is 1.56. The molecule has 0 spiro atoms. The maximum atomic E-state index is 12.2. The lowest BCUT2D eigenvalue weighted by Gasteiger charge is -2.14. The third-order valence-electron chi connectivity index (χ3n) is 4.19. The van der Waals surface area contributed by atoms with Gasteiger partial charge < -0.3 is 4.74 Å². The molecule has 0 atom stereocenters. The number of aryl methyl sites for hydroxylation is 1. The predicted molar refractivity (Wildman–Crippen MR) is 95.7 cm³/mol. The molecule has 0 saturated carbocycles. The molecule has 0 N–H and O–H groups in total. The Hall–Kier alpha value is -3.00. The molecule has 1 aliphatic heterocycles. The number of carbonyl (C=O) groups excluding carboxylic acids is 3. The van der Waals surface area contributed by atoms with E-state index in [1.54, 1.807) is 24.3 Å². The Kier molecular flexibility index (Phi) is 5.09. The van der Waals surface area contributed by atoms with Gasteiger partial charge in [0.2, 0.25) is 0 Å². The molecule has 27 heavy (non-hydrogen) atoms. The van der Waals surface area contributed by atoms with E-state index in [0.717, 1.165) is 10.5 Å². The van der Waals surface area contributed by atoms with Gasteiger partial charge in [0.25, 0.3) is 11.8 Å². The molecule has 3 rings (SSSR count).